The fourth-order valence-electron chi connectivity index (χ4n) is 3.23. The van der Waals surface area contributed by atoms with Gasteiger partial charge < -0.3 is 15.8 Å². The molecule has 1 aromatic heterocycles. The van der Waals surface area contributed by atoms with E-state index in [1.165, 1.54) is 5.56 Å². The Kier molecular flexibility index (Phi) is 5.71. The summed E-state index contributed by atoms with van der Waals surface area (Å²) >= 11 is 1.66. The maximum Gasteiger partial charge on any atom is 0.255 e. The Bertz CT molecular complexity index is 933. The fourth-order valence-corrected chi connectivity index (χ4v) is 3.96. The lowest BCUT2D eigenvalue weighted by atomic mass is 10.1. The Labute approximate surface area is 168 Å². The van der Waals surface area contributed by atoms with Crippen LogP contribution < -0.4 is 11.1 Å². The number of carbonyl (C=O) groups is 1. The maximum absolute atomic E-state index is 12.7. The molecule has 0 saturated carbocycles. The Morgan fingerprint density at radius 1 is 1.11 bits per heavy atom. The van der Waals surface area contributed by atoms with E-state index >= 15 is 0 Å². The summed E-state index contributed by atoms with van der Waals surface area (Å²) in [5.41, 5.74) is 10.1. The molecule has 0 radical (unpaired) electrons. The number of nitrogens with two attached hydrogens (primary N) is 1. The van der Waals surface area contributed by atoms with Crippen LogP contribution >= 0.6 is 11.3 Å². The molecule has 4 rings (SSSR count). The molecule has 3 aromatic rings. The van der Waals surface area contributed by atoms with Crippen LogP contribution in [0.1, 0.15) is 15.9 Å². The van der Waals surface area contributed by atoms with Gasteiger partial charge >= 0.3 is 0 Å². The zero-order valence-electron chi connectivity index (χ0n) is 15.6. The zero-order valence-corrected chi connectivity index (χ0v) is 16.4. The van der Waals surface area contributed by atoms with Gasteiger partial charge in [0.2, 0.25) is 0 Å². The number of anilines is 2. The Morgan fingerprint density at radius 2 is 1.89 bits per heavy atom. The average molecular weight is 394 g/mol. The van der Waals surface area contributed by atoms with Crippen LogP contribution in [0.4, 0.5) is 11.4 Å². The third kappa shape index (κ3) is 4.42. The third-order valence-electron chi connectivity index (χ3n) is 4.83. The first-order valence-electron chi connectivity index (χ1n) is 9.33. The number of nitrogens with one attached hydrogen (secondary N) is 1. The number of amides is 1. The summed E-state index contributed by atoms with van der Waals surface area (Å²) < 4.78 is 5.38. The molecule has 0 aliphatic carbocycles. The van der Waals surface area contributed by atoms with E-state index in [4.69, 9.17) is 10.5 Å². The minimum atomic E-state index is -0.159. The summed E-state index contributed by atoms with van der Waals surface area (Å²) in [4.78, 5) is 16.2. The lowest BCUT2D eigenvalue weighted by Gasteiger charge is -2.26. The molecular formula is C22H23N3O2S. The normalized spacial score (nSPS) is 14.7. The van der Waals surface area contributed by atoms with E-state index in [1.807, 2.05) is 53.9 Å². The number of nitrogens with zero attached hydrogens (tertiary/aromatic N) is 1. The van der Waals surface area contributed by atoms with E-state index in [2.05, 4.69) is 16.3 Å². The zero-order chi connectivity index (χ0) is 19.3. The number of thiophene rings is 1. The summed E-state index contributed by atoms with van der Waals surface area (Å²) in [5, 5.41) is 4.97. The van der Waals surface area contributed by atoms with Crippen molar-refractivity contribution in [2.45, 2.75) is 6.54 Å². The molecule has 2 aromatic carbocycles. The Hall–Kier alpha value is -2.67. The highest BCUT2D eigenvalue weighted by Gasteiger charge is 2.13. The molecule has 144 valence electrons. The molecule has 2 heterocycles. The molecule has 1 saturated heterocycles. The van der Waals surface area contributed by atoms with Gasteiger partial charge in [-0.3, -0.25) is 9.69 Å². The van der Waals surface area contributed by atoms with Crippen LogP contribution in [0.3, 0.4) is 0 Å². The van der Waals surface area contributed by atoms with Crippen molar-refractivity contribution in [3.63, 3.8) is 0 Å². The highest BCUT2D eigenvalue weighted by atomic mass is 32.1. The standard InChI is InChI=1S/C22H23N3O2S/c23-19-8-7-18(21-2-1-13-28-21)14-20(19)24-22(26)17-5-3-16(4-6-17)15-25-9-11-27-12-10-25/h1-8,13-14H,9-12,15,23H2,(H,24,26). The molecule has 3 N–H and O–H groups in total. The first-order valence-corrected chi connectivity index (χ1v) is 10.2. The van der Waals surface area contributed by atoms with Gasteiger partial charge in [0.1, 0.15) is 0 Å². The van der Waals surface area contributed by atoms with Crippen LogP contribution in [0.5, 0.6) is 0 Å². The van der Waals surface area contributed by atoms with Crippen LogP contribution in [0.25, 0.3) is 10.4 Å². The Morgan fingerprint density at radius 3 is 2.61 bits per heavy atom. The van der Waals surface area contributed by atoms with Crippen LogP contribution in [0.15, 0.2) is 60.0 Å². The first-order chi connectivity index (χ1) is 13.7. The highest BCUT2D eigenvalue weighted by molar-refractivity contribution is 7.13. The van der Waals surface area contributed by atoms with Gasteiger partial charge in [0.15, 0.2) is 0 Å². The largest absolute Gasteiger partial charge is 0.397 e. The van der Waals surface area contributed by atoms with Gasteiger partial charge in [-0.15, -0.1) is 11.3 Å². The summed E-state index contributed by atoms with van der Waals surface area (Å²) in [7, 11) is 0. The van der Waals surface area contributed by atoms with Gasteiger partial charge in [0.25, 0.3) is 5.91 Å². The smallest absolute Gasteiger partial charge is 0.255 e. The molecular weight excluding hydrogens is 370 g/mol. The van der Waals surface area contributed by atoms with Crippen LogP contribution in [0, 0.1) is 0 Å². The molecule has 5 nitrogen and oxygen atoms in total. The van der Waals surface area contributed by atoms with Crippen molar-refractivity contribution >= 4 is 28.6 Å². The van der Waals surface area contributed by atoms with Crippen molar-refractivity contribution in [1.29, 1.82) is 0 Å². The van der Waals surface area contributed by atoms with Crippen molar-refractivity contribution in [2.24, 2.45) is 0 Å². The molecule has 0 unspecified atom stereocenters. The monoisotopic (exact) mass is 393 g/mol. The van der Waals surface area contributed by atoms with Crippen LogP contribution in [0.2, 0.25) is 0 Å². The molecule has 0 spiro atoms. The molecule has 1 aliphatic rings. The second-order valence-corrected chi connectivity index (χ2v) is 7.77. The number of nitrogen functional groups attached to an aromatic ring is 1. The van der Waals surface area contributed by atoms with Crippen LogP contribution in [-0.2, 0) is 11.3 Å². The van der Waals surface area contributed by atoms with Crippen molar-refractivity contribution in [3.8, 4) is 10.4 Å². The van der Waals surface area contributed by atoms with E-state index in [0.717, 1.165) is 43.3 Å². The van der Waals surface area contributed by atoms with Gasteiger partial charge in [0.05, 0.1) is 24.6 Å². The third-order valence-corrected chi connectivity index (χ3v) is 5.75. The van der Waals surface area contributed by atoms with Gasteiger partial charge in [-0.05, 0) is 46.8 Å². The Balaban J connectivity index is 1.44. The predicted octanol–water partition coefficient (Wildman–Crippen LogP) is 4.08. The number of hydrogen-bond donors (Lipinski definition) is 2. The number of carbonyl (C=O) groups excluding carboxylic acids is 1. The topological polar surface area (TPSA) is 67.6 Å². The first kappa shape index (κ1) is 18.7. The van der Waals surface area contributed by atoms with Crippen molar-refractivity contribution in [2.75, 3.05) is 37.4 Å². The van der Waals surface area contributed by atoms with E-state index in [9.17, 15) is 4.79 Å². The highest BCUT2D eigenvalue weighted by Crippen LogP contribution is 2.30. The van der Waals surface area contributed by atoms with Crippen molar-refractivity contribution in [1.82, 2.24) is 4.90 Å². The van der Waals surface area contributed by atoms with E-state index in [1.54, 1.807) is 11.3 Å². The van der Waals surface area contributed by atoms with E-state index in [-0.39, 0.29) is 5.91 Å². The lowest BCUT2D eigenvalue weighted by molar-refractivity contribution is 0.0342. The predicted molar refractivity (Wildman–Crippen MR) is 115 cm³/mol. The van der Waals surface area contributed by atoms with Crippen LogP contribution in [-0.4, -0.2) is 37.1 Å². The average Bonchev–Trinajstić information content (AvgIpc) is 3.26. The summed E-state index contributed by atoms with van der Waals surface area (Å²) in [6.07, 6.45) is 0. The quantitative estimate of drug-likeness (QED) is 0.641. The summed E-state index contributed by atoms with van der Waals surface area (Å²) in [5.74, 6) is -0.159. The van der Waals surface area contributed by atoms with Gasteiger partial charge in [-0.25, -0.2) is 0 Å². The molecule has 1 aliphatic heterocycles. The molecule has 28 heavy (non-hydrogen) atoms. The molecule has 6 heteroatoms. The molecule has 0 bridgehead atoms. The second kappa shape index (κ2) is 8.56. The summed E-state index contributed by atoms with van der Waals surface area (Å²) in [6.45, 7) is 4.34. The van der Waals surface area contributed by atoms with E-state index < -0.39 is 0 Å². The van der Waals surface area contributed by atoms with Crippen molar-refractivity contribution in [3.05, 3.63) is 71.1 Å². The second-order valence-electron chi connectivity index (χ2n) is 6.82. The van der Waals surface area contributed by atoms with Crippen molar-refractivity contribution < 1.29 is 9.53 Å². The lowest BCUT2D eigenvalue weighted by Crippen LogP contribution is -2.35. The number of morpholine rings is 1. The number of benzene rings is 2. The minimum Gasteiger partial charge on any atom is -0.397 e. The van der Waals surface area contributed by atoms with Gasteiger partial charge in [-0.2, -0.15) is 0 Å². The SMILES string of the molecule is Nc1ccc(-c2cccs2)cc1NC(=O)c1ccc(CN2CCOCC2)cc1. The fraction of sp³-hybridized carbons (Fsp3) is 0.227. The number of hydrogen-bond acceptors (Lipinski definition) is 5. The number of rotatable bonds is 5. The van der Waals surface area contributed by atoms with E-state index in [0.29, 0.717) is 16.9 Å². The van der Waals surface area contributed by atoms with Gasteiger partial charge in [-0.1, -0.05) is 24.3 Å². The molecule has 1 fully saturated rings. The molecule has 1 amide bonds. The maximum atomic E-state index is 12.7. The summed E-state index contributed by atoms with van der Waals surface area (Å²) in [6, 6.07) is 17.5. The van der Waals surface area contributed by atoms with Gasteiger partial charge in [0, 0.05) is 30.1 Å². The number of ether oxygens (including phenoxy) is 1. The molecule has 0 atom stereocenters. The minimum absolute atomic E-state index is 0.159.